The molecule has 3 rings (SSSR count). The number of hydrogen-bond donors (Lipinski definition) is 1. The van der Waals surface area contributed by atoms with Crippen LogP contribution in [-0.2, 0) is 14.8 Å². The van der Waals surface area contributed by atoms with Crippen LogP contribution in [0.1, 0.15) is 36.8 Å². The Balaban J connectivity index is 1.73. The number of carbonyl (C=O) groups excluding carboxylic acids is 1. The summed E-state index contributed by atoms with van der Waals surface area (Å²) in [5.74, 6) is 0.261. The zero-order valence-corrected chi connectivity index (χ0v) is 16.5. The number of anilines is 1. The molecule has 0 saturated carbocycles. The van der Waals surface area contributed by atoms with Crippen LogP contribution in [0.25, 0.3) is 0 Å². The predicted molar refractivity (Wildman–Crippen MR) is 105 cm³/mol. The van der Waals surface area contributed by atoms with E-state index in [0.29, 0.717) is 18.8 Å². The summed E-state index contributed by atoms with van der Waals surface area (Å²) in [6, 6.07) is 10.1. The summed E-state index contributed by atoms with van der Waals surface area (Å²) in [5, 5.41) is 2.76. The molecule has 0 spiro atoms. The van der Waals surface area contributed by atoms with Gasteiger partial charge in [0.2, 0.25) is 15.9 Å². The van der Waals surface area contributed by atoms with Crippen LogP contribution in [0, 0.1) is 13.8 Å². The number of amides is 1. The Morgan fingerprint density at radius 2 is 1.81 bits per heavy atom. The second kappa shape index (κ2) is 8.19. The maximum atomic E-state index is 13.1. The first-order valence-electron chi connectivity index (χ1n) is 9.17. The van der Waals surface area contributed by atoms with Gasteiger partial charge in [-0.3, -0.25) is 4.79 Å². The van der Waals surface area contributed by atoms with Crippen LogP contribution in [-0.4, -0.2) is 36.2 Å². The lowest BCUT2D eigenvalue weighted by Gasteiger charge is -2.34. The van der Waals surface area contributed by atoms with E-state index in [4.69, 9.17) is 0 Å². The van der Waals surface area contributed by atoms with Gasteiger partial charge >= 0.3 is 0 Å². The summed E-state index contributed by atoms with van der Waals surface area (Å²) in [5.41, 5.74) is 2.02. The van der Waals surface area contributed by atoms with Crippen molar-refractivity contribution < 1.29 is 13.2 Å². The van der Waals surface area contributed by atoms with Crippen LogP contribution in [0.15, 0.2) is 47.5 Å². The van der Waals surface area contributed by atoms with Gasteiger partial charge < -0.3 is 5.32 Å². The van der Waals surface area contributed by atoms with Crippen molar-refractivity contribution in [3.8, 4) is 0 Å². The van der Waals surface area contributed by atoms with E-state index in [1.54, 1.807) is 36.5 Å². The first kappa shape index (κ1) is 19.5. The smallest absolute Gasteiger partial charge is 0.243 e. The number of pyridine rings is 1. The lowest BCUT2D eigenvalue weighted by atomic mass is 10.0. The quantitative estimate of drug-likeness (QED) is 0.854. The van der Waals surface area contributed by atoms with E-state index in [2.05, 4.69) is 10.3 Å². The number of piperidine rings is 1. The molecule has 7 heteroatoms. The number of rotatable bonds is 5. The van der Waals surface area contributed by atoms with Gasteiger partial charge in [-0.05, 0) is 50.5 Å². The zero-order valence-electron chi connectivity index (χ0n) is 15.7. The van der Waals surface area contributed by atoms with Gasteiger partial charge in [0.15, 0.2) is 0 Å². The lowest BCUT2D eigenvalue weighted by molar-refractivity contribution is -0.117. The molecule has 2 aromatic rings. The highest BCUT2D eigenvalue weighted by Crippen LogP contribution is 2.27. The van der Waals surface area contributed by atoms with Crippen LogP contribution in [0.5, 0.6) is 0 Å². The van der Waals surface area contributed by atoms with E-state index in [1.165, 1.54) is 4.31 Å². The summed E-state index contributed by atoms with van der Waals surface area (Å²) in [7, 11) is -3.61. The van der Waals surface area contributed by atoms with Crippen molar-refractivity contribution in [1.29, 1.82) is 0 Å². The average molecular weight is 388 g/mol. The molecule has 144 valence electrons. The van der Waals surface area contributed by atoms with E-state index in [9.17, 15) is 13.2 Å². The minimum atomic E-state index is -3.61. The molecule has 0 bridgehead atoms. The highest BCUT2D eigenvalue weighted by molar-refractivity contribution is 7.89. The van der Waals surface area contributed by atoms with Crippen molar-refractivity contribution in [3.05, 3.63) is 53.7 Å². The van der Waals surface area contributed by atoms with Gasteiger partial charge in [0.05, 0.1) is 4.90 Å². The molecule has 1 aliphatic rings. The van der Waals surface area contributed by atoms with Crippen LogP contribution in [0.3, 0.4) is 0 Å². The average Bonchev–Trinajstić information content (AvgIpc) is 2.64. The number of carbonyl (C=O) groups is 1. The highest BCUT2D eigenvalue weighted by atomic mass is 32.2. The topological polar surface area (TPSA) is 79.4 Å². The Kier molecular flexibility index (Phi) is 5.92. The third-order valence-corrected chi connectivity index (χ3v) is 6.77. The van der Waals surface area contributed by atoms with Crippen molar-refractivity contribution in [1.82, 2.24) is 9.29 Å². The van der Waals surface area contributed by atoms with Gasteiger partial charge in [0.1, 0.15) is 5.82 Å². The molecule has 2 heterocycles. The molecule has 1 amide bonds. The molecule has 27 heavy (non-hydrogen) atoms. The largest absolute Gasteiger partial charge is 0.311 e. The summed E-state index contributed by atoms with van der Waals surface area (Å²) < 4.78 is 27.6. The monoisotopic (exact) mass is 387 g/mol. The molecule has 1 aliphatic heterocycles. The fraction of sp³-hybridized carbons (Fsp3) is 0.400. The Morgan fingerprint density at radius 1 is 1.11 bits per heavy atom. The molecule has 1 N–H and O–H groups in total. The lowest BCUT2D eigenvalue weighted by Crippen LogP contribution is -2.45. The van der Waals surface area contributed by atoms with Crippen molar-refractivity contribution in [2.24, 2.45) is 0 Å². The zero-order chi connectivity index (χ0) is 19.4. The molecule has 1 aromatic heterocycles. The van der Waals surface area contributed by atoms with Crippen molar-refractivity contribution >= 4 is 21.7 Å². The van der Waals surface area contributed by atoms with E-state index in [-0.39, 0.29) is 23.3 Å². The molecule has 0 radical (unpaired) electrons. The second-order valence-corrected chi connectivity index (χ2v) is 8.94. The first-order chi connectivity index (χ1) is 12.9. The molecular formula is C20H25N3O3S. The number of sulfonamides is 1. The highest BCUT2D eigenvalue weighted by Gasteiger charge is 2.34. The number of aryl methyl sites for hydroxylation is 2. The summed E-state index contributed by atoms with van der Waals surface area (Å²) in [6.07, 6.45) is 4.22. The van der Waals surface area contributed by atoms with Gasteiger partial charge in [0.25, 0.3) is 0 Å². The fourth-order valence-electron chi connectivity index (χ4n) is 3.29. The molecule has 0 aliphatic carbocycles. The fourth-order valence-corrected chi connectivity index (χ4v) is 4.98. The van der Waals surface area contributed by atoms with Gasteiger partial charge in [-0.2, -0.15) is 4.31 Å². The van der Waals surface area contributed by atoms with Crippen LogP contribution in [0.4, 0.5) is 5.82 Å². The number of nitrogens with one attached hydrogen (secondary N) is 1. The van der Waals surface area contributed by atoms with Crippen molar-refractivity contribution in [3.63, 3.8) is 0 Å². The van der Waals surface area contributed by atoms with Gasteiger partial charge in [-0.25, -0.2) is 13.4 Å². The number of hydrogen-bond acceptors (Lipinski definition) is 4. The number of aromatic nitrogens is 1. The first-order valence-corrected chi connectivity index (χ1v) is 10.6. The van der Waals surface area contributed by atoms with E-state index >= 15 is 0 Å². The number of nitrogens with zero attached hydrogens (tertiary/aromatic N) is 2. The van der Waals surface area contributed by atoms with Crippen LogP contribution >= 0.6 is 0 Å². The third-order valence-electron chi connectivity index (χ3n) is 4.80. The van der Waals surface area contributed by atoms with Gasteiger partial charge in [-0.1, -0.05) is 30.2 Å². The summed E-state index contributed by atoms with van der Waals surface area (Å²) in [6.45, 7) is 4.29. The Bertz CT molecular complexity index is 893. The van der Waals surface area contributed by atoms with Crippen molar-refractivity contribution in [2.75, 3.05) is 11.9 Å². The van der Waals surface area contributed by atoms with Crippen molar-refractivity contribution in [2.45, 2.75) is 50.5 Å². The van der Waals surface area contributed by atoms with Gasteiger partial charge in [0, 0.05) is 25.2 Å². The molecule has 1 atom stereocenters. The maximum absolute atomic E-state index is 13.1. The minimum absolute atomic E-state index is 0.126. The molecule has 1 fully saturated rings. The molecule has 0 unspecified atom stereocenters. The van der Waals surface area contributed by atoms with E-state index in [1.807, 2.05) is 19.9 Å². The molecule has 6 nitrogen and oxygen atoms in total. The van der Waals surface area contributed by atoms with Crippen LogP contribution in [0.2, 0.25) is 0 Å². The third kappa shape index (κ3) is 4.73. The molecule has 1 saturated heterocycles. The minimum Gasteiger partial charge on any atom is -0.311 e. The van der Waals surface area contributed by atoms with Crippen LogP contribution < -0.4 is 5.32 Å². The maximum Gasteiger partial charge on any atom is 0.243 e. The Labute approximate surface area is 160 Å². The molecule has 1 aromatic carbocycles. The van der Waals surface area contributed by atoms with Gasteiger partial charge in [-0.15, -0.1) is 0 Å². The predicted octanol–water partition coefficient (Wildman–Crippen LogP) is 3.27. The second-order valence-electron chi connectivity index (χ2n) is 7.05. The standard InChI is InChI=1S/C20H25N3O3S/c1-15-6-9-18(10-7-15)27(25,26)23-12-4-3-5-17(23)13-20(24)22-19-11-8-16(2)14-21-19/h6-11,14,17H,3-5,12-13H2,1-2H3,(H,21,22,24)/t17-/m1/s1. The summed E-state index contributed by atoms with van der Waals surface area (Å²) >= 11 is 0. The summed E-state index contributed by atoms with van der Waals surface area (Å²) in [4.78, 5) is 16.9. The number of benzene rings is 1. The Morgan fingerprint density at radius 3 is 2.48 bits per heavy atom. The Hall–Kier alpha value is -2.25. The SMILES string of the molecule is Cc1ccc(S(=O)(=O)N2CCCC[C@@H]2CC(=O)Nc2ccc(C)cn2)cc1. The van der Waals surface area contributed by atoms with E-state index < -0.39 is 10.0 Å². The molecular weight excluding hydrogens is 362 g/mol. The van der Waals surface area contributed by atoms with E-state index in [0.717, 1.165) is 24.0 Å². The normalized spacial score (nSPS) is 18.2.